The summed E-state index contributed by atoms with van der Waals surface area (Å²) in [4.78, 5) is 23.9. The van der Waals surface area contributed by atoms with Crippen LogP contribution in [0.5, 0.6) is 17.4 Å². The average Bonchev–Trinajstić information content (AvgIpc) is 2.70. The minimum absolute atomic E-state index is 0.261. The Labute approximate surface area is 157 Å². The van der Waals surface area contributed by atoms with Crippen molar-refractivity contribution in [3.8, 4) is 17.4 Å². The number of carbonyl (C=O) groups excluding carboxylic acids is 1. The van der Waals surface area contributed by atoms with Crippen LogP contribution >= 0.6 is 0 Å². The van der Waals surface area contributed by atoms with E-state index in [2.05, 4.69) is 9.97 Å². The molecule has 1 aromatic carbocycles. The highest BCUT2D eigenvalue weighted by atomic mass is 16.6. The molecule has 0 radical (unpaired) electrons. The van der Waals surface area contributed by atoms with Crippen LogP contribution in [0.3, 0.4) is 0 Å². The molecule has 0 aliphatic carbocycles. The molecule has 1 saturated heterocycles. The highest BCUT2D eigenvalue weighted by Crippen LogP contribution is 2.35. The van der Waals surface area contributed by atoms with E-state index in [0.29, 0.717) is 55.8 Å². The molecule has 1 aromatic heterocycles. The van der Waals surface area contributed by atoms with Crippen LogP contribution in [0, 0.1) is 0 Å². The maximum Gasteiger partial charge on any atom is 0.409 e. The Balaban J connectivity index is 1.73. The van der Waals surface area contributed by atoms with E-state index in [4.69, 9.17) is 19.9 Å². The zero-order valence-electron chi connectivity index (χ0n) is 15.4. The monoisotopic (exact) mass is 373 g/mol. The molecule has 1 fully saturated rings. The van der Waals surface area contributed by atoms with Gasteiger partial charge in [0.2, 0.25) is 5.88 Å². The highest BCUT2D eigenvalue weighted by Gasteiger charge is 2.25. The predicted molar refractivity (Wildman–Crippen MR) is 100 cm³/mol. The fraction of sp³-hybridized carbons (Fsp3) is 0.389. The molecule has 2 N–H and O–H groups in total. The molecule has 144 valence electrons. The van der Waals surface area contributed by atoms with Crippen LogP contribution in [0.2, 0.25) is 0 Å². The summed E-state index contributed by atoms with van der Waals surface area (Å²) in [5.74, 6) is 1.94. The minimum atomic E-state index is -0.298. The van der Waals surface area contributed by atoms with Gasteiger partial charge in [-0.05, 0) is 19.1 Å². The van der Waals surface area contributed by atoms with Crippen LogP contribution in [0.15, 0.2) is 30.6 Å². The lowest BCUT2D eigenvalue weighted by molar-refractivity contribution is 0.105. The number of anilines is 2. The maximum absolute atomic E-state index is 11.8. The van der Waals surface area contributed by atoms with Gasteiger partial charge in [-0.2, -0.15) is 4.98 Å². The van der Waals surface area contributed by atoms with Gasteiger partial charge in [0.05, 0.1) is 13.7 Å². The molecule has 0 spiro atoms. The Morgan fingerprint density at radius 2 is 1.85 bits per heavy atom. The van der Waals surface area contributed by atoms with E-state index in [1.807, 2.05) is 17.0 Å². The fourth-order valence-corrected chi connectivity index (χ4v) is 2.83. The van der Waals surface area contributed by atoms with Crippen molar-refractivity contribution in [3.63, 3.8) is 0 Å². The third kappa shape index (κ3) is 4.13. The van der Waals surface area contributed by atoms with Gasteiger partial charge in [-0.15, -0.1) is 0 Å². The first kappa shape index (κ1) is 18.6. The van der Waals surface area contributed by atoms with Gasteiger partial charge in [0, 0.05) is 26.2 Å². The van der Waals surface area contributed by atoms with Gasteiger partial charge < -0.3 is 29.7 Å². The predicted octanol–water partition coefficient (Wildman–Crippen LogP) is 2.14. The van der Waals surface area contributed by atoms with Crippen LogP contribution in [0.1, 0.15) is 6.92 Å². The van der Waals surface area contributed by atoms with Gasteiger partial charge in [0.15, 0.2) is 17.3 Å². The quantitative estimate of drug-likeness (QED) is 0.850. The molecule has 27 heavy (non-hydrogen) atoms. The van der Waals surface area contributed by atoms with Crippen molar-refractivity contribution in [2.75, 3.05) is 50.5 Å². The molecule has 2 heterocycles. The van der Waals surface area contributed by atoms with E-state index in [9.17, 15) is 4.79 Å². The number of ether oxygens (including phenoxy) is 3. The summed E-state index contributed by atoms with van der Waals surface area (Å²) in [7, 11) is 1.57. The topological polar surface area (TPSA) is 103 Å². The summed E-state index contributed by atoms with van der Waals surface area (Å²) in [6.45, 7) is 4.40. The zero-order valence-corrected chi connectivity index (χ0v) is 15.4. The van der Waals surface area contributed by atoms with Crippen molar-refractivity contribution < 1.29 is 19.0 Å². The SMILES string of the molecule is CCOC(=O)N1CCN(c2ncnc(Oc3ccccc3OC)c2N)CC1. The second-order valence-electron chi connectivity index (χ2n) is 5.84. The molecule has 9 nitrogen and oxygen atoms in total. The summed E-state index contributed by atoms with van der Waals surface area (Å²) in [5.41, 5.74) is 6.60. The number of benzene rings is 1. The van der Waals surface area contributed by atoms with Gasteiger partial charge in [-0.3, -0.25) is 0 Å². The molecule has 3 rings (SSSR count). The van der Waals surface area contributed by atoms with Gasteiger partial charge in [0.1, 0.15) is 12.0 Å². The van der Waals surface area contributed by atoms with Crippen LogP contribution < -0.4 is 20.1 Å². The molecule has 0 unspecified atom stereocenters. The van der Waals surface area contributed by atoms with E-state index in [1.54, 1.807) is 31.1 Å². The van der Waals surface area contributed by atoms with Crippen LogP contribution in [-0.4, -0.2) is 60.9 Å². The van der Waals surface area contributed by atoms with Crippen LogP contribution in [-0.2, 0) is 4.74 Å². The Kier molecular flexibility index (Phi) is 5.80. The second-order valence-corrected chi connectivity index (χ2v) is 5.84. The summed E-state index contributed by atoms with van der Waals surface area (Å²) >= 11 is 0. The number of aromatic nitrogens is 2. The number of piperazine rings is 1. The van der Waals surface area contributed by atoms with Crippen molar-refractivity contribution in [1.29, 1.82) is 0 Å². The van der Waals surface area contributed by atoms with Crippen molar-refractivity contribution >= 4 is 17.6 Å². The molecule has 1 aliphatic rings. The number of hydrogen-bond donors (Lipinski definition) is 1. The molecule has 1 aliphatic heterocycles. The van der Waals surface area contributed by atoms with Gasteiger partial charge in [0.25, 0.3) is 0 Å². The lowest BCUT2D eigenvalue weighted by Crippen LogP contribution is -2.49. The molecule has 0 bridgehead atoms. The molecule has 1 amide bonds. The van der Waals surface area contributed by atoms with E-state index >= 15 is 0 Å². The van der Waals surface area contributed by atoms with Gasteiger partial charge >= 0.3 is 6.09 Å². The van der Waals surface area contributed by atoms with Crippen molar-refractivity contribution in [2.45, 2.75) is 6.92 Å². The number of rotatable bonds is 5. The molecular formula is C18H23N5O4. The normalized spacial score (nSPS) is 14.0. The van der Waals surface area contributed by atoms with E-state index in [1.165, 1.54) is 6.33 Å². The second kappa shape index (κ2) is 8.43. The lowest BCUT2D eigenvalue weighted by Gasteiger charge is -2.35. The number of nitrogens with zero attached hydrogens (tertiary/aromatic N) is 4. The Hall–Kier alpha value is -3.23. The first-order valence-electron chi connectivity index (χ1n) is 8.72. The Morgan fingerprint density at radius 1 is 1.15 bits per heavy atom. The molecule has 0 saturated carbocycles. The van der Waals surface area contributed by atoms with E-state index in [0.717, 1.165) is 0 Å². The third-order valence-electron chi connectivity index (χ3n) is 4.21. The molecular weight excluding hydrogens is 350 g/mol. The zero-order chi connectivity index (χ0) is 19.2. The van der Waals surface area contributed by atoms with Crippen molar-refractivity contribution in [1.82, 2.24) is 14.9 Å². The number of carbonyl (C=O) groups is 1. The Bertz CT molecular complexity index is 793. The van der Waals surface area contributed by atoms with Crippen LogP contribution in [0.25, 0.3) is 0 Å². The van der Waals surface area contributed by atoms with E-state index < -0.39 is 0 Å². The highest BCUT2D eigenvalue weighted by molar-refractivity contribution is 5.70. The standard InChI is InChI=1S/C18H23N5O4/c1-3-26-18(24)23-10-8-22(9-11-23)16-15(19)17(21-12-20-16)27-14-7-5-4-6-13(14)25-2/h4-7,12H,3,8-11,19H2,1-2H3. The van der Waals surface area contributed by atoms with E-state index in [-0.39, 0.29) is 12.0 Å². The number of para-hydroxylation sites is 2. The number of nitrogen functional groups attached to an aromatic ring is 1. The molecule has 0 atom stereocenters. The van der Waals surface area contributed by atoms with Crippen molar-refractivity contribution in [3.05, 3.63) is 30.6 Å². The Morgan fingerprint density at radius 3 is 2.52 bits per heavy atom. The molecule has 2 aromatic rings. The number of methoxy groups -OCH3 is 1. The number of hydrogen-bond acceptors (Lipinski definition) is 8. The number of nitrogens with two attached hydrogens (primary N) is 1. The smallest absolute Gasteiger partial charge is 0.409 e. The average molecular weight is 373 g/mol. The summed E-state index contributed by atoms with van der Waals surface area (Å²) in [6.07, 6.45) is 1.11. The maximum atomic E-state index is 11.8. The summed E-state index contributed by atoms with van der Waals surface area (Å²) < 4.78 is 16.2. The largest absolute Gasteiger partial charge is 0.493 e. The summed E-state index contributed by atoms with van der Waals surface area (Å²) in [6, 6.07) is 7.26. The van der Waals surface area contributed by atoms with Crippen LogP contribution in [0.4, 0.5) is 16.3 Å². The van der Waals surface area contributed by atoms with Gasteiger partial charge in [-0.1, -0.05) is 12.1 Å². The van der Waals surface area contributed by atoms with Crippen molar-refractivity contribution in [2.24, 2.45) is 0 Å². The van der Waals surface area contributed by atoms with Gasteiger partial charge in [-0.25, -0.2) is 9.78 Å². The first-order valence-corrected chi connectivity index (χ1v) is 8.72. The third-order valence-corrected chi connectivity index (χ3v) is 4.21. The minimum Gasteiger partial charge on any atom is -0.493 e. The first-order chi connectivity index (χ1) is 13.1. The lowest BCUT2D eigenvalue weighted by atomic mass is 10.3. The number of amides is 1. The molecule has 9 heteroatoms. The summed E-state index contributed by atoms with van der Waals surface area (Å²) in [5, 5.41) is 0. The fourth-order valence-electron chi connectivity index (χ4n) is 2.83.